The zero-order chi connectivity index (χ0) is 12.2. The van der Waals surface area contributed by atoms with E-state index in [-0.39, 0.29) is 0 Å². The van der Waals surface area contributed by atoms with Gasteiger partial charge in [-0.15, -0.1) is 11.8 Å². The van der Waals surface area contributed by atoms with E-state index in [1.54, 1.807) is 0 Å². The predicted molar refractivity (Wildman–Crippen MR) is 77.4 cm³/mol. The summed E-state index contributed by atoms with van der Waals surface area (Å²) < 4.78 is 5.43. The second-order valence-electron chi connectivity index (χ2n) is 5.23. The third kappa shape index (κ3) is 3.01. The van der Waals surface area contributed by atoms with Crippen molar-refractivity contribution in [3.63, 3.8) is 0 Å². The van der Waals surface area contributed by atoms with E-state index in [2.05, 4.69) is 41.3 Å². The van der Waals surface area contributed by atoms with Crippen LogP contribution < -0.4 is 5.32 Å². The molecule has 1 saturated carbocycles. The lowest BCUT2D eigenvalue weighted by Crippen LogP contribution is -2.19. The summed E-state index contributed by atoms with van der Waals surface area (Å²) >= 11 is 2.06. The monoisotopic (exact) mass is 263 g/mol. The van der Waals surface area contributed by atoms with Crippen molar-refractivity contribution in [2.75, 3.05) is 18.5 Å². The van der Waals surface area contributed by atoms with E-state index in [9.17, 15) is 0 Å². The van der Waals surface area contributed by atoms with E-state index in [0.29, 0.717) is 6.04 Å². The molecule has 2 nitrogen and oxygen atoms in total. The SMILES string of the molecule is c1ccc(SC2CCCC2)c(NC2CCOC2)c1. The summed E-state index contributed by atoms with van der Waals surface area (Å²) in [5.74, 6) is 0. The van der Waals surface area contributed by atoms with Gasteiger partial charge in [0.2, 0.25) is 0 Å². The van der Waals surface area contributed by atoms with E-state index in [1.807, 2.05) is 0 Å². The van der Waals surface area contributed by atoms with Gasteiger partial charge in [-0.25, -0.2) is 0 Å². The number of anilines is 1. The van der Waals surface area contributed by atoms with Crippen molar-refractivity contribution >= 4 is 17.4 Å². The Morgan fingerprint density at radius 3 is 2.72 bits per heavy atom. The molecule has 1 heterocycles. The Labute approximate surface area is 113 Å². The van der Waals surface area contributed by atoms with Gasteiger partial charge >= 0.3 is 0 Å². The number of para-hydroxylation sites is 1. The highest BCUT2D eigenvalue weighted by atomic mass is 32.2. The summed E-state index contributed by atoms with van der Waals surface area (Å²) in [5.41, 5.74) is 1.30. The van der Waals surface area contributed by atoms with Gasteiger partial charge in [0.05, 0.1) is 12.6 Å². The van der Waals surface area contributed by atoms with Crippen LogP contribution in [0.25, 0.3) is 0 Å². The van der Waals surface area contributed by atoms with E-state index < -0.39 is 0 Å². The number of nitrogens with one attached hydrogen (secondary N) is 1. The summed E-state index contributed by atoms with van der Waals surface area (Å²) in [6.45, 7) is 1.75. The number of hydrogen-bond acceptors (Lipinski definition) is 3. The minimum Gasteiger partial charge on any atom is -0.379 e. The fraction of sp³-hybridized carbons (Fsp3) is 0.600. The van der Waals surface area contributed by atoms with E-state index in [1.165, 1.54) is 36.3 Å². The molecule has 1 aromatic rings. The van der Waals surface area contributed by atoms with Crippen molar-refractivity contribution < 1.29 is 4.74 Å². The van der Waals surface area contributed by atoms with Crippen LogP contribution in [-0.2, 0) is 4.74 Å². The second kappa shape index (κ2) is 5.98. The second-order valence-corrected chi connectivity index (χ2v) is 6.57. The minimum absolute atomic E-state index is 0.496. The number of benzene rings is 1. The van der Waals surface area contributed by atoms with Crippen LogP contribution in [0.1, 0.15) is 32.1 Å². The van der Waals surface area contributed by atoms with Gasteiger partial charge in [0, 0.05) is 22.4 Å². The van der Waals surface area contributed by atoms with Crippen LogP contribution in [-0.4, -0.2) is 24.5 Å². The average Bonchev–Trinajstić information content (AvgIpc) is 3.05. The molecular weight excluding hydrogens is 242 g/mol. The standard InChI is InChI=1S/C15H21NOS/c1-2-6-13(5-1)18-15-8-4-3-7-14(15)16-12-9-10-17-11-12/h3-4,7-8,12-13,16H,1-2,5-6,9-11H2. The predicted octanol–water partition coefficient (Wildman–Crippen LogP) is 3.92. The lowest BCUT2D eigenvalue weighted by atomic mass is 10.2. The quantitative estimate of drug-likeness (QED) is 0.889. The molecule has 1 aliphatic carbocycles. The number of rotatable bonds is 4. The summed E-state index contributed by atoms with van der Waals surface area (Å²) in [7, 11) is 0. The third-order valence-corrected chi connectivity index (χ3v) is 5.19. The van der Waals surface area contributed by atoms with E-state index >= 15 is 0 Å². The first-order valence-corrected chi connectivity index (χ1v) is 7.90. The van der Waals surface area contributed by atoms with Crippen molar-refractivity contribution in [3.05, 3.63) is 24.3 Å². The van der Waals surface area contributed by atoms with Crippen molar-refractivity contribution in [2.45, 2.75) is 48.3 Å². The summed E-state index contributed by atoms with van der Waals surface area (Å²) in [6.07, 6.45) is 6.70. The van der Waals surface area contributed by atoms with Crippen LogP contribution in [0.4, 0.5) is 5.69 Å². The maximum absolute atomic E-state index is 5.43. The Bertz CT molecular complexity index is 347. The zero-order valence-electron chi connectivity index (χ0n) is 10.7. The van der Waals surface area contributed by atoms with Gasteiger partial charge in [-0.05, 0) is 31.4 Å². The molecule has 1 atom stereocenters. The Balaban J connectivity index is 1.67. The number of hydrogen-bond donors (Lipinski definition) is 1. The van der Waals surface area contributed by atoms with Crippen molar-refractivity contribution in [1.82, 2.24) is 0 Å². The fourth-order valence-corrected chi connectivity index (χ4v) is 4.08. The van der Waals surface area contributed by atoms with Crippen LogP contribution in [0, 0.1) is 0 Å². The van der Waals surface area contributed by atoms with Crippen LogP contribution in [0.15, 0.2) is 29.2 Å². The summed E-state index contributed by atoms with van der Waals surface area (Å²) in [6, 6.07) is 9.22. The van der Waals surface area contributed by atoms with Crippen LogP contribution in [0.3, 0.4) is 0 Å². The molecule has 0 amide bonds. The highest BCUT2D eigenvalue weighted by molar-refractivity contribution is 8.00. The molecule has 0 radical (unpaired) electrons. The molecular formula is C15H21NOS. The summed E-state index contributed by atoms with van der Waals surface area (Å²) in [5, 5.41) is 4.46. The molecule has 1 N–H and O–H groups in total. The maximum Gasteiger partial charge on any atom is 0.0668 e. The first kappa shape index (κ1) is 12.4. The van der Waals surface area contributed by atoms with Crippen LogP contribution >= 0.6 is 11.8 Å². The van der Waals surface area contributed by atoms with Gasteiger partial charge in [-0.1, -0.05) is 25.0 Å². The Hall–Kier alpha value is -0.670. The lowest BCUT2D eigenvalue weighted by Gasteiger charge is -2.17. The molecule has 0 bridgehead atoms. The minimum atomic E-state index is 0.496. The largest absolute Gasteiger partial charge is 0.379 e. The van der Waals surface area contributed by atoms with Crippen LogP contribution in [0.2, 0.25) is 0 Å². The number of thioether (sulfide) groups is 1. The van der Waals surface area contributed by atoms with E-state index in [4.69, 9.17) is 4.74 Å². The topological polar surface area (TPSA) is 21.3 Å². The van der Waals surface area contributed by atoms with Gasteiger partial charge in [0.1, 0.15) is 0 Å². The maximum atomic E-state index is 5.43. The molecule has 98 valence electrons. The molecule has 1 unspecified atom stereocenters. The Morgan fingerprint density at radius 1 is 1.11 bits per heavy atom. The third-order valence-electron chi connectivity index (χ3n) is 3.77. The number of ether oxygens (including phenoxy) is 1. The molecule has 3 rings (SSSR count). The molecule has 18 heavy (non-hydrogen) atoms. The average molecular weight is 263 g/mol. The molecule has 1 aromatic carbocycles. The molecule has 1 aliphatic heterocycles. The fourth-order valence-electron chi connectivity index (χ4n) is 2.74. The highest BCUT2D eigenvalue weighted by Crippen LogP contribution is 2.38. The zero-order valence-corrected chi connectivity index (χ0v) is 11.5. The van der Waals surface area contributed by atoms with Crippen molar-refractivity contribution in [3.8, 4) is 0 Å². The molecule has 0 spiro atoms. The first-order chi connectivity index (χ1) is 8.92. The molecule has 0 aromatic heterocycles. The van der Waals surface area contributed by atoms with Gasteiger partial charge in [0.25, 0.3) is 0 Å². The smallest absolute Gasteiger partial charge is 0.0668 e. The Morgan fingerprint density at radius 2 is 1.94 bits per heavy atom. The van der Waals surface area contributed by atoms with Gasteiger partial charge in [-0.2, -0.15) is 0 Å². The van der Waals surface area contributed by atoms with Crippen LogP contribution in [0.5, 0.6) is 0 Å². The normalized spacial score (nSPS) is 24.6. The first-order valence-electron chi connectivity index (χ1n) is 7.02. The highest BCUT2D eigenvalue weighted by Gasteiger charge is 2.20. The van der Waals surface area contributed by atoms with Crippen molar-refractivity contribution in [2.24, 2.45) is 0 Å². The van der Waals surface area contributed by atoms with Gasteiger partial charge in [-0.3, -0.25) is 0 Å². The van der Waals surface area contributed by atoms with E-state index in [0.717, 1.165) is 24.9 Å². The molecule has 2 aliphatic rings. The Kier molecular flexibility index (Phi) is 4.11. The summed E-state index contributed by atoms with van der Waals surface area (Å²) in [4.78, 5) is 1.41. The van der Waals surface area contributed by atoms with Gasteiger partial charge < -0.3 is 10.1 Å². The van der Waals surface area contributed by atoms with Crippen molar-refractivity contribution in [1.29, 1.82) is 0 Å². The molecule has 3 heteroatoms. The molecule has 1 saturated heterocycles. The molecule has 2 fully saturated rings. The van der Waals surface area contributed by atoms with Gasteiger partial charge in [0.15, 0.2) is 0 Å². The lowest BCUT2D eigenvalue weighted by molar-refractivity contribution is 0.195.